The third kappa shape index (κ3) is 3.99. The van der Waals surface area contributed by atoms with Gasteiger partial charge in [-0.25, -0.2) is 22.0 Å². The molecular weight excluding hydrogens is 419 g/mol. The van der Waals surface area contributed by atoms with Crippen LogP contribution in [-0.4, -0.2) is 36.4 Å². The molecule has 0 radical (unpaired) electrons. The van der Waals surface area contributed by atoms with Crippen molar-refractivity contribution in [3.8, 4) is 11.5 Å². The zero-order valence-electron chi connectivity index (χ0n) is 14.9. The Morgan fingerprint density at radius 1 is 0.967 bits per heavy atom. The van der Waals surface area contributed by atoms with Gasteiger partial charge in [-0.1, -0.05) is 6.07 Å². The number of benzene rings is 2. The van der Waals surface area contributed by atoms with E-state index in [0.29, 0.717) is 17.1 Å². The second-order valence-electron chi connectivity index (χ2n) is 6.06. The van der Waals surface area contributed by atoms with Gasteiger partial charge < -0.3 is 25.2 Å². The first-order valence-electron chi connectivity index (χ1n) is 8.34. The Kier molecular flexibility index (Phi) is 6.06. The molecule has 3 N–H and O–H groups in total. The lowest BCUT2D eigenvalue weighted by Crippen LogP contribution is -2.49. The van der Waals surface area contributed by atoms with Crippen molar-refractivity contribution in [2.24, 2.45) is 0 Å². The molecule has 1 atom stereocenters. The SMILES string of the molecule is O=C(NC(CO)C(=O)NCc1ccc2c(c1)OCO2)c1c(F)c(F)c(F)c(F)c1F. The number of nitrogens with one attached hydrogen (secondary N) is 2. The smallest absolute Gasteiger partial charge is 0.258 e. The molecule has 1 unspecified atom stereocenters. The molecule has 2 aromatic rings. The fraction of sp³-hybridized carbons (Fsp3) is 0.222. The summed E-state index contributed by atoms with van der Waals surface area (Å²) in [4.78, 5) is 24.2. The molecule has 1 aliphatic heterocycles. The number of ether oxygens (including phenoxy) is 2. The molecule has 1 aliphatic rings. The number of hydrogen-bond acceptors (Lipinski definition) is 5. The molecule has 2 amide bonds. The van der Waals surface area contributed by atoms with E-state index in [2.05, 4.69) is 5.32 Å². The highest BCUT2D eigenvalue weighted by Gasteiger charge is 2.31. The van der Waals surface area contributed by atoms with Gasteiger partial charge in [-0.05, 0) is 17.7 Å². The lowest BCUT2D eigenvalue weighted by Gasteiger charge is -2.17. The summed E-state index contributed by atoms with van der Waals surface area (Å²) in [6.45, 7) is -1.04. The Bertz CT molecular complexity index is 988. The highest BCUT2D eigenvalue weighted by Crippen LogP contribution is 2.32. The topological polar surface area (TPSA) is 96.9 Å². The van der Waals surface area contributed by atoms with Crippen molar-refractivity contribution in [3.05, 3.63) is 58.4 Å². The molecule has 0 saturated carbocycles. The molecule has 7 nitrogen and oxygen atoms in total. The first-order chi connectivity index (χ1) is 14.2. The lowest BCUT2D eigenvalue weighted by molar-refractivity contribution is -0.124. The second-order valence-corrected chi connectivity index (χ2v) is 6.06. The molecule has 0 saturated heterocycles. The molecule has 2 aromatic carbocycles. The lowest BCUT2D eigenvalue weighted by atomic mass is 10.1. The number of aliphatic hydroxyl groups excluding tert-OH is 1. The van der Waals surface area contributed by atoms with Crippen LogP contribution in [0.2, 0.25) is 0 Å². The molecule has 0 spiro atoms. The third-order valence-electron chi connectivity index (χ3n) is 4.14. The van der Waals surface area contributed by atoms with Crippen molar-refractivity contribution >= 4 is 11.8 Å². The second kappa shape index (κ2) is 8.53. The van der Waals surface area contributed by atoms with Crippen LogP contribution in [0.4, 0.5) is 22.0 Å². The van der Waals surface area contributed by atoms with Crippen LogP contribution in [0.3, 0.4) is 0 Å². The van der Waals surface area contributed by atoms with Crippen LogP contribution < -0.4 is 20.1 Å². The van der Waals surface area contributed by atoms with Crippen molar-refractivity contribution in [1.82, 2.24) is 10.6 Å². The summed E-state index contributed by atoms with van der Waals surface area (Å²) in [5.41, 5.74) is -1.20. The monoisotopic (exact) mass is 432 g/mol. The number of carbonyl (C=O) groups is 2. The number of aliphatic hydroxyl groups is 1. The average Bonchev–Trinajstić information content (AvgIpc) is 3.21. The Labute approximate surface area is 165 Å². The van der Waals surface area contributed by atoms with Gasteiger partial charge in [0, 0.05) is 6.54 Å². The Morgan fingerprint density at radius 2 is 1.57 bits per heavy atom. The summed E-state index contributed by atoms with van der Waals surface area (Å²) in [5.74, 6) is -13.6. The van der Waals surface area contributed by atoms with Gasteiger partial charge in [0.15, 0.2) is 34.8 Å². The maximum atomic E-state index is 13.7. The fourth-order valence-corrected chi connectivity index (χ4v) is 2.59. The molecule has 0 bridgehead atoms. The Morgan fingerprint density at radius 3 is 2.20 bits per heavy atom. The number of rotatable bonds is 6. The zero-order chi connectivity index (χ0) is 22.0. The molecule has 0 aliphatic carbocycles. The van der Waals surface area contributed by atoms with E-state index in [0.717, 1.165) is 0 Å². The van der Waals surface area contributed by atoms with Crippen molar-refractivity contribution in [2.75, 3.05) is 13.4 Å². The molecule has 12 heteroatoms. The van der Waals surface area contributed by atoms with E-state index in [9.17, 15) is 36.6 Å². The summed E-state index contributed by atoms with van der Waals surface area (Å²) in [7, 11) is 0. The third-order valence-corrected chi connectivity index (χ3v) is 4.14. The van der Waals surface area contributed by atoms with Crippen molar-refractivity contribution in [3.63, 3.8) is 0 Å². The molecule has 0 aromatic heterocycles. The number of amides is 2. The number of carbonyl (C=O) groups excluding carboxylic acids is 2. The standard InChI is InChI=1S/C18H13F5N2O5/c19-12-11(13(20)15(22)16(23)14(12)21)18(28)25-8(5-26)17(27)24-4-7-1-2-9-10(3-7)30-6-29-9/h1-3,8,26H,4-6H2,(H,24,27)(H,25,28). The van der Waals surface area contributed by atoms with Gasteiger partial charge in [-0.15, -0.1) is 0 Å². The summed E-state index contributed by atoms with van der Waals surface area (Å²) in [5, 5.41) is 13.4. The molecule has 1 heterocycles. The van der Waals surface area contributed by atoms with E-state index in [1.165, 1.54) is 0 Å². The van der Waals surface area contributed by atoms with Gasteiger partial charge >= 0.3 is 0 Å². The van der Waals surface area contributed by atoms with Crippen LogP contribution in [0.1, 0.15) is 15.9 Å². The van der Waals surface area contributed by atoms with Crippen molar-refractivity contribution < 1.29 is 46.1 Å². The van der Waals surface area contributed by atoms with E-state index in [4.69, 9.17) is 9.47 Å². The first kappa shape index (κ1) is 21.3. The molecule has 0 fully saturated rings. The van der Waals surface area contributed by atoms with E-state index >= 15 is 0 Å². The Balaban J connectivity index is 1.69. The largest absolute Gasteiger partial charge is 0.454 e. The van der Waals surface area contributed by atoms with Crippen LogP contribution >= 0.6 is 0 Å². The summed E-state index contributed by atoms with van der Waals surface area (Å²) >= 11 is 0. The predicted molar refractivity (Wildman–Crippen MR) is 89.0 cm³/mol. The van der Waals surface area contributed by atoms with Gasteiger partial charge in [0.25, 0.3) is 5.91 Å². The minimum Gasteiger partial charge on any atom is -0.454 e. The quantitative estimate of drug-likeness (QED) is 0.366. The number of halogens is 5. The van der Waals surface area contributed by atoms with Gasteiger partial charge in [-0.2, -0.15) is 0 Å². The van der Waals surface area contributed by atoms with E-state index < -0.39 is 59.1 Å². The van der Waals surface area contributed by atoms with Gasteiger partial charge in [0.1, 0.15) is 11.6 Å². The van der Waals surface area contributed by atoms with Crippen molar-refractivity contribution in [1.29, 1.82) is 0 Å². The zero-order valence-corrected chi connectivity index (χ0v) is 14.9. The first-order valence-corrected chi connectivity index (χ1v) is 8.34. The van der Waals surface area contributed by atoms with E-state index in [1.54, 1.807) is 23.5 Å². The summed E-state index contributed by atoms with van der Waals surface area (Å²) in [6, 6.07) is 3.05. The van der Waals surface area contributed by atoms with Gasteiger partial charge in [-0.3, -0.25) is 9.59 Å². The van der Waals surface area contributed by atoms with Crippen LogP contribution in [0, 0.1) is 29.1 Å². The molecule has 30 heavy (non-hydrogen) atoms. The van der Waals surface area contributed by atoms with Crippen LogP contribution in [0.5, 0.6) is 11.5 Å². The minimum atomic E-state index is -2.43. The predicted octanol–water partition coefficient (Wildman–Crippen LogP) is 1.52. The molecule has 3 rings (SSSR count). The average molecular weight is 432 g/mol. The van der Waals surface area contributed by atoms with Crippen molar-refractivity contribution in [2.45, 2.75) is 12.6 Å². The number of hydrogen-bond donors (Lipinski definition) is 3. The van der Waals surface area contributed by atoms with E-state index in [1.807, 2.05) is 0 Å². The maximum Gasteiger partial charge on any atom is 0.258 e. The fourth-order valence-electron chi connectivity index (χ4n) is 2.59. The highest BCUT2D eigenvalue weighted by atomic mass is 19.2. The van der Waals surface area contributed by atoms with Gasteiger partial charge in [0.2, 0.25) is 18.5 Å². The maximum absolute atomic E-state index is 13.7. The van der Waals surface area contributed by atoms with Crippen LogP contribution in [0.15, 0.2) is 18.2 Å². The normalized spacial score (nSPS) is 13.1. The highest BCUT2D eigenvalue weighted by molar-refractivity contribution is 5.98. The Hall–Kier alpha value is -3.41. The molecule has 160 valence electrons. The van der Waals surface area contributed by atoms with Gasteiger partial charge in [0.05, 0.1) is 6.61 Å². The number of fused-ring (bicyclic) bond motifs is 1. The van der Waals surface area contributed by atoms with Crippen LogP contribution in [0.25, 0.3) is 0 Å². The minimum absolute atomic E-state index is 0.0431. The summed E-state index contributed by atoms with van der Waals surface area (Å²) < 4.78 is 77.3. The molecular formula is C18H13F5N2O5. The van der Waals surface area contributed by atoms with E-state index in [-0.39, 0.29) is 13.3 Å². The summed E-state index contributed by atoms with van der Waals surface area (Å²) in [6.07, 6.45) is 0. The van der Waals surface area contributed by atoms with Crippen LogP contribution in [-0.2, 0) is 11.3 Å².